The van der Waals surface area contributed by atoms with E-state index in [2.05, 4.69) is 67.0 Å². The Labute approximate surface area is 271 Å². The highest BCUT2D eigenvalue weighted by Crippen LogP contribution is 2.60. The molecule has 0 aliphatic carbocycles. The maximum atomic E-state index is 16.1. The number of halogens is 2. The zero-order valence-corrected chi connectivity index (χ0v) is 27.1. The number of alkyl halides is 1. The summed E-state index contributed by atoms with van der Waals surface area (Å²) in [5.74, 6) is -0.733. The lowest BCUT2D eigenvalue weighted by Gasteiger charge is -2.26. The summed E-state index contributed by atoms with van der Waals surface area (Å²) in [6, 6.07) is 0. The predicted octanol–water partition coefficient (Wildman–Crippen LogP) is 2.35. The molecular formula is C21H22F2N8O10P2S3. The maximum Gasteiger partial charge on any atom is 0.386 e. The minimum Gasteiger partial charge on any atom is -0.387 e. The number of H-pyrrole nitrogens is 1. The molecule has 4 aromatic rings. The number of fused-ring (bicyclic) bond motifs is 5. The SMILES string of the molecule is O=c1[nH]cnc2c1c(F)cn2[C@@H]1O[C@@H]2COP(=O)(S)O[C@H]3[C@@H](F)[C@H](n4cnc5c(NS)ncnc54)O[C@@H]3COP(=O)(S)O[C@@H]1[C@@H]2O. The van der Waals surface area contributed by atoms with E-state index in [9.17, 15) is 23.4 Å². The van der Waals surface area contributed by atoms with Gasteiger partial charge in [-0.1, -0.05) is 37.3 Å². The van der Waals surface area contributed by atoms with Crippen LogP contribution >= 0.6 is 50.9 Å². The van der Waals surface area contributed by atoms with Gasteiger partial charge in [0.25, 0.3) is 5.56 Å². The molecule has 3 saturated heterocycles. The molecule has 7 heterocycles. The molecule has 18 nitrogen and oxygen atoms in total. The Hall–Kier alpha value is -2.14. The first-order chi connectivity index (χ1) is 21.9. The fraction of sp³-hybridized carbons (Fsp3) is 0.476. The molecule has 3 N–H and O–H groups in total. The molecule has 3 aliphatic rings. The monoisotopic (exact) mass is 742 g/mol. The topological polar surface area (TPSA) is 216 Å². The van der Waals surface area contributed by atoms with Crippen LogP contribution in [-0.2, 0) is 36.7 Å². The normalized spacial score (nSPS) is 37.1. The van der Waals surface area contributed by atoms with Gasteiger partial charge in [-0.15, -0.1) is 0 Å². The van der Waals surface area contributed by atoms with E-state index in [1.54, 1.807) is 0 Å². The number of aromatic amines is 1. The molecule has 25 heteroatoms. The van der Waals surface area contributed by atoms with E-state index >= 15 is 4.39 Å². The Kier molecular flexibility index (Phi) is 8.51. The third-order valence-corrected chi connectivity index (χ3v) is 10.9. The molecule has 3 fully saturated rings. The number of aliphatic hydroxyl groups excluding tert-OH is 1. The van der Waals surface area contributed by atoms with Gasteiger partial charge < -0.3 is 28.9 Å². The Bertz CT molecular complexity index is 1970. The molecule has 10 atom stereocenters. The van der Waals surface area contributed by atoms with E-state index in [1.807, 2.05) is 0 Å². The van der Waals surface area contributed by atoms with Crippen molar-refractivity contribution >= 4 is 78.9 Å². The molecule has 2 unspecified atom stereocenters. The summed E-state index contributed by atoms with van der Waals surface area (Å²) < 4.78 is 96.2. The third kappa shape index (κ3) is 5.69. The summed E-state index contributed by atoms with van der Waals surface area (Å²) in [5, 5.41) is 10.7. The van der Waals surface area contributed by atoms with Gasteiger partial charge in [0.2, 0.25) is 0 Å². The molecule has 0 radical (unpaired) electrons. The summed E-state index contributed by atoms with van der Waals surface area (Å²) in [6.07, 6.45) is -8.39. The first-order valence-electron chi connectivity index (χ1n) is 13.1. The highest BCUT2D eigenvalue weighted by Gasteiger charge is 2.54. The number of anilines is 1. The van der Waals surface area contributed by atoms with E-state index in [4.69, 9.17) is 27.6 Å². The number of rotatable bonds is 3. The van der Waals surface area contributed by atoms with Gasteiger partial charge in [0.15, 0.2) is 47.1 Å². The third-order valence-electron chi connectivity index (χ3n) is 7.48. The van der Waals surface area contributed by atoms with Crippen LogP contribution in [0, 0.1) is 5.82 Å². The fourth-order valence-corrected chi connectivity index (χ4v) is 8.54. The van der Waals surface area contributed by atoms with Gasteiger partial charge in [0.1, 0.15) is 42.2 Å². The molecule has 0 amide bonds. The summed E-state index contributed by atoms with van der Waals surface area (Å²) in [6.45, 7) is -10.3. The smallest absolute Gasteiger partial charge is 0.386 e. The first kappa shape index (κ1) is 32.4. The van der Waals surface area contributed by atoms with Crippen LogP contribution in [0.2, 0.25) is 0 Å². The number of nitrogens with one attached hydrogen (secondary N) is 2. The number of aromatic nitrogens is 7. The van der Waals surface area contributed by atoms with Crippen molar-refractivity contribution in [3.05, 3.63) is 41.3 Å². The number of aliphatic hydroxyl groups is 1. The van der Waals surface area contributed by atoms with Crippen molar-refractivity contribution in [3.63, 3.8) is 0 Å². The average Bonchev–Trinajstić information content (AvgIpc) is 3.75. The summed E-state index contributed by atoms with van der Waals surface area (Å²) in [5.41, 5.74) is -0.588. The van der Waals surface area contributed by atoms with Crippen molar-refractivity contribution in [2.75, 3.05) is 17.9 Å². The van der Waals surface area contributed by atoms with E-state index in [0.29, 0.717) is 0 Å². The second-order valence-electron chi connectivity index (χ2n) is 10.2. The lowest BCUT2D eigenvalue weighted by Crippen LogP contribution is -2.35. The van der Waals surface area contributed by atoms with Gasteiger partial charge in [-0.05, 0) is 0 Å². The molecule has 2 bridgehead atoms. The van der Waals surface area contributed by atoms with Crippen molar-refractivity contribution in [1.29, 1.82) is 0 Å². The molecule has 4 aromatic heterocycles. The number of imidazole rings is 1. The molecule has 46 heavy (non-hydrogen) atoms. The maximum absolute atomic E-state index is 16.1. The Morgan fingerprint density at radius 3 is 2.41 bits per heavy atom. The van der Waals surface area contributed by atoms with Crippen molar-refractivity contribution < 1.29 is 50.6 Å². The zero-order chi connectivity index (χ0) is 32.5. The Morgan fingerprint density at radius 2 is 1.67 bits per heavy atom. The summed E-state index contributed by atoms with van der Waals surface area (Å²) in [7, 11) is 0. The van der Waals surface area contributed by atoms with E-state index < -0.39 is 92.7 Å². The highest BCUT2D eigenvalue weighted by atomic mass is 32.7. The molecular weight excluding hydrogens is 720 g/mol. The minimum absolute atomic E-state index is 0.154. The van der Waals surface area contributed by atoms with Crippen LogP contribution in [0.5, 0.6) is 0 Å². The first-order valence-corrected chi connectivity index (χ1v) is 19.0. The second-order valence-corrected chi connectivity index (χ2v) is 16.2. The van der Waals surface area contributed by atoms with Crippen LogP contribution in [0.3, 0.4) is 0 Å². The van der Waals surface area contributed by atoms with Gasteiger partial charge in [-0.2, -0.15) is 0 Å². The largest absolute Gasteiger partial charge is 0.387 e. The van der Waals surface area contributed by atoms with E-state index in [-0.39, 0.29) is 22.6 Å². The van der Waals surface area contributed by atoms with Gasteiger partial charge in [-0.25, -0.2) is 37.8 Å². The number of ether oxygens (including phenoxy) is 2. The number of hydrogen-bond acceptors (Lipinski definition) is 16. The van der Waals surface area contributed by atoms with Gasteiger partial charge >= 0.3 is 13.6 Å². The van der Waals surface area contributed by atoms with Crippen LogP contribution in [0.1, 0.15) is 12.5 Å². The summed E-state index contributed by atoms with van der Waals surface area (Å²) in [4.78, 5) is 30.8. The Morgan fingerprint density at radius 1 is 0.978 bits per heavy atom. The van der Waals surface area contributed by atoms with Crippen molar-refractivity contribution in [3.8, 4) is 0 Å². The number of thiol groups is 3. The Balaban J connectivity index is 1.21. The number of hydrogen-bond donors (Lipinski definition) is 6. The van der Waals surface area contributed by atoms with Gasteiger partial charge in [-0.3, -0.25) is 27.5 Å². The van der Waals surface area contributed by atoms with E-state index in [0.717, 1.165) is 17.1 Å². The minimum atomic E-state index is -4.47. The van der Waals surface area contributed by atoms with E-state index in [1.165, 1.54) is 17.2 Å². The molecule has 248 valence electrons. The zero-order valence-electron chi connectivity index (χ0n) is 22.6. The van der Waals surface area contributed by atoms with Crippen molar-refractivity contribution in [1.82, 2.24) is 34.1 Å². The van der Waals surface area contributed by atoms with Gasteiger partial charge in [0.05, 0.1) is 25.9 Å². The van der Waals surface area contributed by atoms with Crippen LogP contribution in [0.15, 0.2) is 30.0 Å². The van der Waals surface area contributed by atoms with Crippen molar-refractivity contribution in [2.45, 2.75) is 49.1 Å². The lowest BCUT2D eigenvalue weighted by atomic mass is 10.1. The van der Waals surface area contributed by atoms with Crippen LogP contribution < -0.4 is 10.3 Å². The number of nitrogens with zero attached hydrogens (tertiary/aromatic N) is 6. The lowest BCUT2D eigenvalue weighted by molar-refractivity contribution is -0.0568. The van der Waals surface area contributed by atoms with Crippen LogP contribution in [-0.4, -0.2) is 89.1 Å². The standard InChI is InChI=1S/C21H22F2N8O10P2S3/c22-7-1-30(17-10(7)19(33)27-5-25-17)21-15-13(32)8(38-21)2-36-42(34,45)40-14-9(3-37-43(35,46)41-15)39-20(11(14)23)31-6-28-12-16(29-44)24-4-26-18(12)31/h1,4-6,8-9,11,13-15,20-21,32,44H,2-3H2,(H,34,45)(H,35,46)(H,24,26,29)(H,25,27,33)/t8-,9-,11-,13-,14-,15-,20-,21-,42?,43?/m1/s1. The quantitative estimate of drug-likeness (QED) is 0.131. The van der Waals surface area contributed by atoms with Crippen LogP contribution in [0.4, 0.5) is 14.6 Å². The predicted molar refractivity (Wildman–Crippen MR) is 162 cm³/mol. The van der Waals surface area contributed by atoms with Gasteiger partial charge in [0, 0.05) is 6.20 Å². The average molecular weight is 743 g/mol. The second kappa shape index (κ2) is 12.1. The van der Waals surface area contributed by atoms with Crippen molar-refractivity contribution in [2.24, 2.45) is 0 Å². The molecule has 0 saturated carbocycles. The fourth-order valence-electron chi connectivity index (χ4n) is 5.44. The summed E-state index contributed by atoms with van der Waals surface area (Å²) >= 11 is 12.0. The molecule has 7 rings (SSSR count). The van der Waals surface area contributed by atoms with Crippen LogP contribution in [0.25, 0.3) is 22.2 Å². The molecule has 3 aliphatic heterocycles. The molecule has 0 spiro atoms. The highest BCUT2D eigenvalue weighted by molar-refractivity contribution is 8.44. The molecule has 0 aromatic carbocycles.